The van der Waals surface area contributed by atoms with Gasteiger partial charge < -0.3 is 4.52 Å². The van der Waals surface area contributed by atoms with Gasteiger partial charge in [0.15, 0.2) is 0 Å². The molecule has 66 valence electrons. The first kappa shape index (κ1) is 7.61. The van der Waals surface area contributed by atoms with Gasteiger partial charge >= 0.3 is 5.63 Å². The van der Waals surface area contributed by atoms with Crippen LogP contribution in [0.2, 0.25) is 0 Å². The molecule has 2 heterocycles. The largest absolute Gasteiger partial charge is 0.362 e. The lowest BCUT2D eigenvalue weighted by Gasteiger charge is -2.16. The average Bonchev–Trinajstić information content (AvgIpc) is 2.52. The predicted octanol–water partition coefficient (Wildman–Crippen LogP) is 0.864. The van der Waals surface area contributed by atoms with E-state index in [-0.39, 0.29) is 5.63 Å². The second-order valence-corrected chi connectivity index (χ2v) is 3.22. The Balaban J connectivity index is 2.48. The number of rotatable bonds is 1. The molecule has 1 aromatic heterocycles. The maximum Gasteiger partial charge on any atom is 0.362 e. The predicted molar refractivity (Wildman–Crippen MR) is 43.8 cm³/mol. The van der Waals surface area contributed by atoms with Crippen molar-refractivity contribution in [1.29, 1.82) is 0 Å². The molecule has 0 aliphatic carbocycles. The molecule has 0 aromatic carbocycles. The van der Waals surface area contributed by atoms with E-state index < -0.39 is 0 Å². The van der Waals surface area contributed by atoms with Gasteiger partial charge in [0, 0.05) is 6.54 Å². The Morgan fingerprint density at radius 3 is 3.17 bits per heavy atom. The highest BCUT2D eigenvalue weighted by Gasteiger charge is 2.30. The van der Waals surface area contributed by atoms with E-state index in [1.807, 2.05) is 7.05 Å². The summed E-state index contributed by atoms with van der Waals surface area (Å²) in [5.74, 6) is 0. The van der Waals surface area contributed by atoms with Gasteiger partial charge in [-0.05, 0) is 13.5 Å². The van der Waals surface area contributed by atoms with Crippen LogP contribution >= 0.6 is 0 Å². The molecule has 4 nitrogen and oxygen atoms in total. The third-order valence-corrected chi connectivity index (χ3v) is 2.48. The molecule has 0 radical (unpaired) electrons. The molecule has 1 N–H and O–H groups in total. The van der Waals surface area contributed by atoms with Crippen LogP contribution in [0.15, 0.2) is 9.32 Å². The van der Waals surface area contributed by atoms with Gasteiger partial charge in [0.05, 0.1) is 17.3 Å². The molecule has 1 aliphatic rings. The van der Waals surface area contributed by atoms with Gasteiger partial charge in [0.2, 0.25) is 0 Å². The van der Waals surface area contributed by atoms with Crippen molar-refractivity contribution in [2.24, 2.45) is 0 Å². The van der Waals surface area contributed by atoms with E-state index in [1.165, 1.54) is 0 Å². The standard InChI is InChI=1S/C8H12N2O2/c1-3-6-7-5(4-10(6)2)8(11)12-9-7/h6,9H,3-4H2,1-2H3. The number of hydrogen-bond acceptors (Lipinski definition) is 3. The minimum Gasteiger partial charge on any atom is -0.338 e. The maximum atomic E-state index is 11.1. The third kappa shape index (κ3) is 0.845. The summed E-state index contributed by atoms with van der Waals surface area (Å²) in [6.45, 7) is 2.81. The van der Waals surface area contributed by atoms with Crippen LogP contribution in [0.3, 0.4) is 0 Å². The Hall–Kier alpha value is -1.03. The summed E-state index contributed by atoms with van der Waals surface area (Å²) >= 11 is 0. The molecule has 0 fully saturated rings. The lowest BCUT2D eigenvalue weighted by Crippen LogP contribution is -2.17. The Kier molecular flexibility index (Phi) is 1.58. The topological polar surface area (TPSA) is 49.2 Å². The molecule has 1 unspecified atom stereocenters. The first-order valence-corrected chi connectivity index (χ1v) is 4.14. The summed E-state index contributed by atoms with van der Waals surface area (Å²) in [6, 6.07) is 0.325. The molecular weight excluding hydrogens is 156 g/mol. The van der Waals surface area contributed by atoms with Crippen molar-refractivity contribution in [3.63, 3.8) is 0 Å². The Morgan fingerprint density at radius 2 is 2.50 bits per heavy atom. The lowest BCUT2D eigenvalue weighted by atomic mass is 10.1. The molecule has 0 saturated heterocycles. The van der Waals surface area contributed by atoms with Crippen molar-refractivity contribution >= 4 is 0 Å². The van der Waals surface area contributed by atoms with E-state index in [0.717, 1.165) is 17.7 Å². The summed E-state index contributed by atoms with van der Waals surface area (Å²) in [6.07, 6.45) is 0.999. The number of nitrogens with zero attached hydrogens (tertiary/aromatic N) is 1. The number of nitrogens with one attached hydrogen (secondary N) is 1. The van der Waals surface area contributed by atoms with Crippen LogP contribution in [0, 0.1) is 0 Å². The fourth-order valence-corrected chi connectivity index (χ4v) is 1.85. The Labute approximate surface area is 70.1 Å². The molecule has 0 spiro atoms. The molecule has 0 bridgehead atoms. The second-order valence-electron chi connectivity index (χ2n) is 3.22. The van der Waals surface area contributed by atoms with Gasteiger partial charge in [0.1, 0.15) is 0 Å². The first-order chi connectivity index (χ1) is 5.74. The highest BCUT2D eigenvalue weighted by Crippen LogP contribution is 2.30. The highest BCUT2D eigenvalue weighted by molar-refractivity contribution is 5.23. The zero-order chi connectivity index (χ0) is 8.72. The van der Waals surface area contributed by atoms with E-state index >= 15 is 0 Å². The van der Waals surface area contributed by atoms with Crippen molar-refractivity contribution in [3.8, 4) is 0 Å². The van der Waals surface area contributed by atoms with Crippen LogP contribution in [-0.2, 0) is 6.54 Å². The molecule has 12 heavy (non-hydrogen) atoms. The summed E-state index contributed by atoms with van der Waals surface area (Å²) in [4.78, 5) is 13.2. The molecule has 4 heteroatoms. The van der Waals surface area contributed by atoms with E-state index in [0.29, 0.717) is 12.6 Å². The number of aromatic amines is 1. The minimum atomic E-state index is -0.215. The molecule has 0 amide bonds. The summed E-state index contributed by atoms with van der Waals surface area (Å²) < 4.78 is 4.71. The fourth-order valence-electron chi connectivity index (χ4n) is 1.85. The van der Waals surface area contributed by atoms with Crippen LogP contribution in [-0.4, -0.2) is 17.1 Å². The molecule has 0 saturated carbocycles. The summed E-state index contributed by atoms with van der Waals surface area (Å²) in [5, 5.41) is 2.69. The number of fused-ring (bicyclic) bond motifs is 1. The SMILES string of the molecule is CCC1c2[nH]oc(=O)c2CN1C. The normalized spacial score (nSPS) is 23.0. The molecule has 1 aliphatic heterocycles. The molecule has 1 aromatic rings. The van der Waals surface area contributed by atoms with Gasteiger partial charge in [0.25, 0.3) is 0 Å². The van der Waals surface area contributed by atoms with E-state index in [2.05, 4.69) is 17.0 Å². The zero-order valence-electron chi connectivity index (χ0n) is 7.26. The Bertz CT molecular complexity index is 339. The van der Waals surface area contributed by atoms with E-state index in [1.54, 1.807) is 0 Å². The summed E-state index contributed by atoms with van der Waals surface area (Å²) in [7, 11) is 2.02. The zero-order valence-corrected chi connectivity index (χ0v) is 7.26. The van der Waals surface area contributed by atoms with Crippen molar-refractivity contribution in [1.82, 2.24) is 10.1 Å². The van der Waals surface area contributed by atoms with Gasteiger partial charge in [-0.1, -0.05) is 6.92 Å². The molecule has 1 atom stereocenters. The molecular formula is C8H12N2O2. The lowest BCUT2D eigenvalue weighted by molar-refractivity contribution is 0.239. The van der Waals surface area contributed by atoms with Crippen molar-refractivity contribution in [2.75, 3.05) is 7.05 Å². The van der Waals surface area contributed by atoms with Crippen LogP contribution in [0.1, 0.15) is 30.6 Å². The van der Waals surface area contributed by atoms with E-state index in [9.17, 15) is 4.79 Å². The van der Waals surface area contributed by atoms with Crippen LogP contribution < -0.4 is 5.63 Å². The van der Waals surface area contributed by atoms with Gasteiger partial charge in [-0.2, -0.15) is 0 Å². The van der Waals surface area contributed by atoms with Crippen molar-refractivity contribution < 1.29 is 4.52 Å². The molecule has 2 rings (SSSR count). The highest BCUT2D eigenvalue weighted by atomic mass is 16.5. The van der Waals surface area contributed by atoms with Gasteiger partial charge in [-0.15, -0.1) is 0 Å². The first-order valence-electron chi connectivity index (χ1n) is 4.14. The smallest absolute Gasteiger partial charge is 0.338 e. The fraction of sp³-hybridized carbons (Fsp3) is 0.625. The van der Waals surface area contributed by atoms with E-state index in [4.69, 9.17) is 4.52 Å². The minimum absolute atomic E-state index is 0.215. The monoisotopic (exact) mass is 168 g/mol. The van der Waals surface area contributed by atoms with Crippen LogP contribution in [0.25, 0.3) is 0 Å². The third-order valence-electron chi connectivity index (χ3n) is 2.48. The summed E-state index contributed by atoms with van der Waals surface area (Å²) in [5.41, 5.74) is 1.54. The van der Waals surface area contributed by atoms with Crippen molar-refractivity contribution in [2.45, 2.75) is 25.9 Å². The van der Waals surface area contributed by atoms with Crippen LogP contribution in [0.4, 0.5) is 0 Å². The number of hydrogen-bond donors (Lipinski definition) is 1. The number of H-pyrrole nitrogens is 1. The second kappa shape index (κ2) is 2.48. The van der Waals surface area contributed by atoms with Crippen molar-refractivity contribution in [3.05, 3.63) is 21.7 Å². The van der Waals surface area contributed by atoms with Crippen LogP contribution in [0.5, 0.6) is 0 Å². The average molecular weight is 168 g/mol. The van der Waals surface area contributed by atoms with Gasteiger partial charge in [-0.25, -0.2) is 9.95 Å². The maximum absolute atomic E-state index is 11.1. The quantitative estimate of drug-likeness (QED) is 0.676. The number of aromatic nitrogens is 1. The Morgan fingerprint density at radius 1 is 1.75 bits per heavy atom. The van der Waals surface area contributed by atoms with Gasteiger partial charge in [-0.3, -0.25) is 4.90 Å².